The molecule has 0 atom stereocenters. The molecule has 0 heterocycles. The number of carbonyl (C=O) groups excluding carboxylic acids is 1. The van der Waals surface area contributed by atoms with Crippen molar-refractivity contribution >= 4 is 5.91 Å². The Morgan fingerprint density at radius 1 is 1.14 bits per heavy atom. The summed E-state index contributed by atoms with van der Waals surface area (Å²) < 4.78 is 0.994. The van der Waals surface area contributed by atoms with Gasteiger partial charge >= 0.3 is 0 Å². The summed E-state index contributed by atoms with van der Waals surface area (Å²) in [6.07, 6.45) is 6.04. The van der Waals surface area contributed by atoms with E-state index < -0.39 is 0 Å². The number of quaternary nitrogens is 1. The van der Waals surface area contributed by atoms with Crippen molar-refractivity contribution in [1.29, 1.82) is 0 Å². The van der Waals surface area contributed by atoms with Gasteiger partial charge in [0, 0.05) is 13.5 Å². The number of unbranched alkanes of at least 4 members (excludes halogenated alkanes) is 2. The molecule has 4 nitrogen and oxygen atoms in total. The van der Waals surface area contributed by atoms with Crippen molar-refractivity contribution < 1.29 is 9.28 Å². The van der Waals surface area contributed by atoms with Gasteiger partial charge in [0.15, 0.2) is 0 Å². The van der Waals surface area contributed by atoms with Gasteiger partial charge in [-0.3, -0.25) is 9.80 Å². The van der Waals surface area contributed by atoms with Gasteiger partial charge in [0.2, 0.25) is 5.91 Å². The van der Waals surface area contributed by atoms with E-state index in [0.717, 1.165) is 23.9 Å². The second kappa shape index (κ2) is 9.31. The second-order valence-electron chi connectivity index (χ2n) is 8.19. The van der Waals surface area contributed by atoms with Crippen molar-refractivity contribution in [2.75, 3.05) is 41.3 Å². The summed E-state index contributed by atoms with van der Waals surface area (Å²) in [6.45, 7) is 10.5. The molecule has 1 amide bonds. The van der Waals surface area contributed by atoms with E-state index in [9.17, 15) is 4.79 Å². The second-order valence-corrected chi connectivity index (χ2v) is 8.19. The fraction of sp³-hybridized carbons (Fsp3) is 0.833. The molecule has 0 aromatic heterocycles. The number of hydrogen-bond acceptors (Lipinski definition) is 2. The molecule has 0 saturated heterocycles. The zero-order chi connectivity index (χ0) is 17.4. The van der Waals surface area contributed by atoms with Gasteiger partial charge in [-0.25, -0.2) is 5.43 Å². The fourth-order valence-corrected chi connectivity index (χ4v) is 2.03. The van der Waals surface area contributed by atoms with E-state index in [2.05, 4.69) is 60.3 Å². The molecule has 0 aliphatic heterocycles. The maximum absolute atomic E-state index is 12.2. The lowest BCUT2D eigenvalue weighted by atomic mass is 9.87. The molecule has 0 unspecified atom stereocenters. The van der Waals surface area contributed by atoms with Crippen LogP contribution in [0.2, 0.25) is 0 Å². The quantitative estimate of drug-likeness (QED) is 0.307. The smallest absolute Gasteiger partial charge is 0.236 e. The molecule has 0 rings (SSSR count). The Hall–Kier alpha value is -0.870. The maximum Gasteiger partial charge on any atom is 0.236 e. The predicted molar refractivity (Wildman–Crippen MR) is 95.4 cm³/mol. The Kier molecular flexibility index (Phi) is 8.94. The molecule has 0 spiro atoms. The highest BCUT2D eigenvalue weighted by atomic mass is 16.2. The van der Waals surface area contributed by atoms with E-state index >= 15 is 0 Å². The van der Waals surface area contributed by atoms with Gasteiger partial charge in [-0.1, -0.05) is 32.4 Å². The third kappa shape index (κ3) is 9.96. The summed E-state index contributed by atoms with van der Waals surface area (Å²) in [5, 5.41) is 1.72. The van der Waals surface area contributed by atoms with Crippen molar-refractivity contribution in [2.24, 2.45) is 5.41 Å². The minimum Gasteiger partial charge on any atom is -0.331 e. The molecule has 0 radical (unpaired) electrons. The van der Waals surface area contributed by atoms with E-state index in [-0.39, 0.29) is 11.3 Å². The Bertz CT molecular complexity index is 362. The minimum absolute atomic E-state index is 0.160. The van der Waals surface area contributed by atoms with Gasteiger partial charge in [-0.15, -0.1) is 0 Å². The molecule has 0 aliphatic rings. The normalized spacial score (nSPS) is 13.4. The van der Waals surface area contributed by atoms with Crippen LogP contribution in [0.25, 0.3) is 0 Å². The van der Waals surface area contributed by atoms with E-state index in [1.807, 2.05) is 7.05 Å². The van der Waals surface area contributed by atoms with Crippen LogP contribution in [0.3, 0.4) is 0 Å². The number of amides is 1. The predicted octanol–water partition coefficient (Wildman–Crippen LogP) is 3.21. The Morgan fingerprint density at radius 3 is 2.18 bits per heavy atom. The summed E-state index contributed by atoms with van der Waals surface area (Å²) in [7, 11) is 8.43. The van der Waals surface area contributed by atoms with Gasteiger partial charge in [0.05, 0.1) is 34.2 Å². The summed E-state index contributed by atoms with van der Waals surface area (Å²) in [4.78, 5) is 12.2. The average Bonchev–Trinajstić information content (AvgIpc) is 2.36. The Morgan fingerprint density at radius 2 is 1.73 bits per heavy atom. The average molecular weight is 313 g/mol. The highest BCUT2D eigenvalue weighted by molar-refractivity contribution is 5.75. The molecular formula is C18H38N3O+. The molecule has 4 heteroatoms. The minimum atomic E-state index is 0.160. The molecule has 0 aromatic rings. The summed E-state index contributed by atoms with van der Waals surface area (Å²) in [6, 6.07) is 0. The van der Waals surface area contributed by atoms with E-state index in [1.165, 1.54) is 12.0 Å². The first-order valence-electron chi connectivity index (χ1n) is 8.43. The van der Waals surface area contributed by atoms with Crippen molar-refractivity contribution in [3.8, 4) is 0 Å². The number of carbonyl (C=O) groups is 1. The van der Waals surface area contributed by atoms with Gasteiger partial charge < -0.3 is 4.48 Å². The lowest BCUT2D eigenvalue weighted by Crippen LogP contribution is -2.40. The molecule has 22 heavy (non-hydrogen) atoms. The molecule has 0 saturated carbocycles. The molecule has 0 aromatic carbocycles. The van der Waals surface area contributed by atoms with Crippen molar-refractivity contribution in [1.82, 2.24) is 10.4 Å². The fourth-order valence-electron chi connectivity index (χ4n) is 2.03. The van der Waals surface area contributed by atoms with Gasteiger partial charge in [0.25, 0.3) is 0 Å². The monoisotopic (exact) mass is 312 g/mol. The summed E-state index contributed by atoms with van der Waals surface area (Å²) in [5.41, 5.74) is 4.48. The zero-order valence-corrected chi connectivity index (χ0v) is 16.1. The van der Waals surface area contributed by atoms with Crippen molar-refractivity contribution in [3.63, 3.8) is 0 Å². The van der Waals surface area contributed by atoms with E-state index in [1.54, 1.807) is 5.01 Å². The third-order valence-electron chi connectivity index (χ3n) is 4.05. The molecule has 0 aliphatic carbocycles. The van der Waals surface area contributed by atoms with Gasteiger partial charge in [-0.05, 0) is 31.6 Å². The Labute approximate surface area is 138 Å². The molecule has 0 bridgehead atoms. The third-order valence-corrected chi connectivity index (χ3v) is 4.05. The van der Waals surface area contributed by atoms with Crippen molar-refractivity contribution in [2.45, 2.75) is 53.4 Å². The SMILES string of the molecule is CNN(CC=C(C)C(C)(C)C)C(=O)CCCCC[N+](C)(C)C. The molecule has 0 fully saturated rings. The number of rotatable bonds is 9. The van der Waals surface area contributed by atoms with E-state index in [4.69, 9.17) is 0 Å². The van der Waals surface area contributed by atoms with Crippen LogP contribution < -0.4 is 5.43 Å². The van der Waals surface area contributed by atoms with Gasteiger partial charge in [-0.2, -0.15) is 0 Å². The van der Waals surface area contributed by atoms with E-state index in [0.29, 0.717) is 13.0 Å². The largest absolute Gasteiger partial charge is 0.331 e. The topological polar surface area (TPSA) is 32.3 Å². The number of nitrogens with zero attached hydrogens (tertiary/aromatic N) is 2. The standard InChI is InChI=1S/C18H38N3O/c1-16(18(2,3)4)13-14-20(19-5)17(22)12-10-9-11-15-21(6,7)8/h13,19H,9-12,14-15H2,1-8H3/q+1. The number of nitrogens with one attached hydrogen (secondary N) is 1. The Balaban J connectivity index is 4.16. The lowest BCUT2D eigenvalue weighted by molar-refractivity contribution is -0.870. The molecular weight excluding hydrogens is 274 g/mol. The highest BCUT2D eigenvalue weighted by Crippen LogP contribution is 2.24. The lowest BCUT2D eigenvalue weighted by Gasteiger charge is -2.24. The molecule has 130 valence electrons. The van der Waals surface area contributed by atoms with Crippen molar-refractivity contribution in [3.05, 3.63) is 11.6 Å². The van der Waals surface area contributed by atoms with Crippen LogP contribution in [-0.2, 0) is 4.79 Å². The number of hydrogen-bond donors (Lipinski definition) is 1. The van der Waals surface area contributed by atoms with Crippen LogP contribution in [0.15, 0.2) is 11.6 Å². The van der Waals surface area contributed by atoms with Gasteiger partial charge in [0.1, 0.15) is 0 Å². The zero-order valence-electron chi connectivity index (χ0n) is 16.1. The maximum atomic E-state index is 12.2. The van der Waals surface area contributed by atoms with Crippen LogP contribution >= 0.6 is 0 Å². The summed E-state index contributed by atoms with van der Waals surface area (Å²) >= 11 is 0. The number of allylic oxidation sites excluding steroid dienone is 1. The summed E-state index contributed by atoms with van der Waals surface area (Å²) in [5.74, 6) is 0.186. The van der Waals surface area contributed by atoms with Crippen LogP contribution in [0, 0.1) is 5.41 Å². The first-order chi connectivity index (χ1) is 9.97. The highest BCUT2D eigenvalue weighted by Gasteiger charge is 2.15. The van der Waals surface area contributed by atoms with Crippen LogP contribution in [0.5, 0.6) is 0 Å². The number of hydrazine groups is 1. The van der Waals surface area contributed by atoms with Crippen LogP contribution in [0.4, 0.5) is 0 Å². The first-order valence-corrected chi connectivity index (χ1v) is 8.43. The van der Waals surface area contributed by atoms with Crippen LogP contribution in [0.1, 0.15) is 53.4 Å². The van der Waals surface area contributed by atoms with Crippen LogP contribution in [-0.4, -0.2) is 56.7 Å². The molecule has 1 N–H and O–H groups in total. The first kappa shape index (κ1) is 21.1.